The summed E-state index contributed by atoms with van der Waals surface area (Å²) in [5.74, 6) is 2.32. The van der Waals surface area contributed by atoms with Crippen molar-refractivity contribution in [2.45, 2.75) is 11.5 Å². The summed E-state index contributed by atoms with van der Waals surface area (Å²) in [5, 5.41) is 0.732. The molecule has 3 heterocycles. The average Bonchev–Trinajstić information content (AvgIpc) is 3.45. The van der Waals surface area contributed by atoms with Gasteiger partial charge >= 0.3 is 0 Å². The minimum Gasteiger partial charge on any atom is -0.488 e. The highest BCUT2D eigenvalue weighted by Gasteiger charge is 2.26. The fourth-order valence-corrected chi connectivity index (χ4v) is 5.20. The quantitative estimate of drug-likeness (QED) is 0.555. The fourth-order valence-electron chi connectivity index (χ4n) is 4.12. The second-order valence-electron chi connectivity index (χ2n) is 8.04. The lowest BCUT2D eigenvalue weighted by molar-refractivity contribution is 0.158. The summed E-state index contributed by atoms with van der Waals surface area (Å²) >= 11 is 0. The first kappa shape index (κ1) is 21.1. The molecule has 2 aliphatic heterocycles. The molecule has 0 bridgehead atoms. The molecule has 2 aromatic carbocycles. The second kappa shape index (κ2) is 9.01. The molecule has 170 valence electrons. The van der Waals surface area contributed by atoms with E-state index in [2.05, 4.69) is 9.62 Å². The Hall–Kier alpha value is -2.75. The maximum atomic E-state index is 12.6. The number of nitrogens with one attached hydrogen (secondary N) is 1. The van der Waals surface area contributed by atoms with Crippen LogP contribution in [0.15, 0.2) is 58.0 Å². The third-order valence-electron chi connectivity index (χ3n) is 5.79. The van der Waals surface area contributed by atoms with Gasteiger partial charge in [-0.1, -0.05) is 24.3 Å². The molecule has 1 unspecified atom stereocenters. The van der Waals surface area contributed by atoms with Crippen LogP contribution in [-0.4, -0.2) is 59.3 Å². The van der Waals surface area contributed by atoms with Gasteiger partial charge in [0.1, 0.15) is 25.4 Å². The molecule has 0 saturated carbocycles. The lowest BCUT2D eigenvalue weighted by Gasteiger charge is -2.22. The number of likely N-dealkylation sites (tertiary alicyclic amines) is 1. The van der Waals surface area contributed by atoms with Crippen molar-refractivity contribution in [3.05, 3.63) is 48.5 Å². The lowest BCUT2D eigenvalue weighted by atomic mass is 10.1. The van der Waals surface area contributed by atoms with E-state index >= 15 is 0 Å². The highest BCUT2D eigenvalue weighted by Crippen LogP contribution is 2.38. The van der Waals surface area contributed by atoms with Crippen molar-refractivity contribution in [3.8, 4) is 17.2 Å². The van der Waals surface area contributed by atoms with Crippen LogP contribution in [0.4, 0.5) is 0 Å². The van der Waals surface area contributed by atoms with Crippen molar-refractivity contribution in [1.82, 2.24) is 9.62 Å². The number of benzene rings is 2. The van der Waals surface area contributed by atoms with E-state index in [1.165, 1.54) is 0 Å². The Morgan fingerprint density at radius 1 is 1.09 bits per heavy atom. The number of hydrogen-bond donors (Lipinski definition) is 1. The number of fused-ring (bicyclic) bond motifs is 2. The van der Waals surface area contributed by atoms with Gasteiger partial charge in [-0.2, -0.15) is 0 Å². The number of hydrogen-bond acceptors (Lipinski definition) is 7. The minimum absolute atomic E-state index is 0.0423. The van der Waals surface area contributed by atoms with Crippen LogP contribution in [0.5, 0.6) is 17.2 Å². The van der Waals surface area contributed by atoms with E-state index in [4.69, 9.17) is 18.6 Å². The van der Waals surface area contributed by atoms with E-state index < -0.39 is 10.0 Å². The van der Waals surface area contributed by atoms with E-state index in [1.54, 1.807) is 12.1 Å². The van der Waals surface area contributed by atoms with Crippen molar-refractivity contribution >= 4 is 21.0 Å². The third-order valence-corrected chi connectivity index (χ3v) is 7.07. The predicted molar refractivity (Wildman–Crippen MR) is 119 cm³/mol. The van der Waals surface area contributed by atoms with Crippen LogP contribution in [0.1, 0.15) is 6.42 Å². The van der Waals surface area contributed by atoms with Crippen LogP contribution in [0.25, 0.3) is 11.0 Å². The Morgan fingerprint density at radius 3 is 2.88 bits per heavy atom. The largest absolute Gasteiger partial charge is 0.488 e. The van der Waals surface area contributed by atoms with E-state index in [-0.39, 0.29) is 11.0 Å². The van der Waals surface area contributed by atoms with Crippen LogP contribution < -0.4 is 18.9 Å². The summed E-state index contributed by atoms with van der Waals surface area (Å²) in [5.41, 5.74) is 0.566. The monoisotopic (exact) mass is 458 g/mol. The molecule has 0 aliphatic carbocycles. The fraction of sp³-hybridized carbons (Fsp3) is 0.391. The highest BCUT2D eigenvalue weighted by atomic mass is 32.2. The first-order valence-corrected chi connectivity index (χ1v) is 12.3. The van der Waals surface area contributed by atoms with Crippen LogP contribution in [-0.2, 0) is 10.0 Å². The van der Waals surface area contributed by atoms with Crippen LogP contribution in [0, 0.1) is 5.92 Å². The van der Waals surface area contributed by atoms with Gasteiger partial charge in [0.25, 0.3) is 10.0 Å². The Kier molecular flexibility index (Phi) is 5.95. The summed E-state index contributed by atoms with van der Waals surface area (Å²) in [6.07, 6.45) is 0.931. The number of sulfonamides is 1. The van der Waals surface area contributed by atoms with Gasteiger partial charge in [0.2, 0.25) is 10.8 Å². The average molecular weight is 459 g/mol. The zero-order chi connectivity index (χ0) is 22.0. The van der Waals surface area contributed by atoms with E-state index in [0.717, 1.165) is 31.4 Å². The van der Waals surface area contributed by atoms with Crippen molar-refractivity contribution in [3.63, 3.8) is 0 Å². The second-order valence-corrected chi connectivity index (χ2v) is 9.74. The first-order chi connectivity index (χ1) is 15.6. The number of nitrogens with zero attached hydrogens (tertiary/aromatic N) is 1. The molecule has 1 N–H and O–H groups in total. The molecular weight excluding hydrogens is 432 g/mol. The van der Waals surface area contributed by atoms with Crippen molar-refractivity contribution in [2.75, 3.05) is 46.0 Å². The molecule has 0 spiro atoms. The molecule has 1 aromatic heterocycles. The molecular formula is C23H26N2O6S. The van der Waals surface area contributed by atoms with Crippen LogP contribution >= 0.6 is 0 Å². The number of para-hydroxylation sites is 2. The summed E-state index contributed by atoms with van der Waals surface area (Å²) < 4.78 is 50.7. The molecule has 5 rings (SSSR count). The standard InChI is InChI=1S/C23H26N2O6S/c26-32(27,22-14-18-4-1-2-5-19(18)31-22)24-15-17-8-9-25(16-17)10-11-28-20-6-3-7-21-23(20)30-13-12-29-21/h1-7,14,17,24H,8-13,15-16H2. The van der Waals surface area contributed by atoms with Crippen LogP contribution in [0.2, 0.25) is 0 Å². The topological polar surface area (TPSA) is 90.2 Å². The maximum Gasteiger partial charge on any atom is 0.274 e. The third kappa shape index (κ3) is 4.55. The smallest absolute Gasteiger partial charge is 0.274 e. The molecule has 1 saturated heterocycles. The molecule has 32 heavy (non-hydrogen) atoms. The summed E-state index contributed by atoms with van der Waals surface area (Å²) in [6.45, 7) is 4.46. The number of ether oxygens (including phenoxy) is 3. The van der Waals surface area contributed by atoms with Crippen molar-refractivity contribution in [2.24, 2.45) is 5.92 Å². The normalized spacial score (nSPS) is 18.8. The Balaban J connectivity index is 1.10. The number of furan rings is 1. The van der Waals surface area contributed by atoms with Gasteiger partial charge in [0, 0.05) is 31.1 Å². The SMILES string of the molecule is O=S(=O)(NCC1CCN(CCOc2cccc3c2OCCO3)C1)c1cc2ccccc2o1. The summed E-state index contributed by atoms with van der Waals surface area (Å²) in [6, 6.07) is 14.5. The molecule has 1 atom stereocenters. The molecule has 1 fully saturated rings. The molecule has 2 aliphatic rings. The van der Waals surface area contributed by atoms with E-state index in [0.29, 0.717) is 49.2 Å². The zero-order valence-electron chi connectivity index (χ0n) is 17.7. The minimum atomic E-state index is -3.67. The molecule has 0 amide bonds. The highest BCUT2D eigenvalue weighted by molar-refractivity contribution is 7.89. The summed E-state index contributed by atoms with van der Waals surface area (Å²) in [4.78, 5) is 2.28. The van der Waals surface area contributed by atoms with Crippen molar-refractivity contribution in [1.29, 1.82) is 0 Å². The van der Waals surface area contributed by atoms with Crippen LogP contribution in [0.3, 0.4) is 0 Å². The molecule has 8 nitrogen and oxygen atoms in total. The summed E-state index contributed by atoms with van der Waals surface area (Å²) in [7, 11) is -3.67. The van der Waals surface area contributed by atoms with E-state index in [1.807, 2.05) is 36.4 Å². The zero-order valence-corrected chi connectivity index (χ0v) is 18.5. The maximum absolute atomic E-state index is 12.6. The predicted octanol–water partition coefficient (Wildman–Crippen LogP) is 2.88. The van der Waals surface area contributed by atoms with Gasteiger partial charge in [0.05, 0.1) is 0 Å². The van der Waals surface area contributed by atoms with Crippen molar-refractivity contribution < 1.29 is 27.0 Å². The molecule has 0 radical (unpaired) electrons. The van der Waals surface area contributed by atoms with Gasteiger partial charge in [-0.05, 0) is 37.1 Å². The molecule has 3 aromatic rings. The first-order valence-electron chi connectivity index (χ1n) is 10.8. The Bertz CT molecular complexity index is 1160. The van der Waals surface area contributed by atoms with Gasteiger partial charge in [-0.25, -0.2) is 13.1 Å². The lowest BCUT2D eigenvalue weighted by Crippen LogP contribution is -2.32. The Labute approximate surface area is 187 Å². The van der Waals surface area contributed by atoms with Gasteiger partial charge < -0.3 is 18.6 Å². The van der Waals surface area contributed by atoms with Gasteiger partial charge in [0.15, 0.2) is 11.5 Å². The molecule has 9 heteroatoms. The Morgan fingerprint density at radius 2 is 1.97 bits per heavy atom. The van der Waals surface area contributed by atoms with Gasteiger partial charge in [-0.15, -0.1) is 0 Å². The number of rotatable bonds is 8. The van der Waals surface area contributed by atoms with Gasteiger partial charge in [-0.3, -0.25) is 4.90 Å². The van der Waals surface area contributed by atoms with E-state index in [9.17, 15) is 8.42 Å².